The number of hydrogen-bond acceptors (Lipinski definition) is 8. The summed E-state index contributed by atoms with van der Waals surface area (Å²) in [4.78, 5) is 35.1. The highest BCUT2D eigenvalue weighted by molar-refractivity contribution is 5.94. The number of aromatic nitrogens is 3. The molecular weight excluding hydrogens is 586 g/mol. The van der Waals surface area contributed by atoms with Crippen molar-refractivity contribution < 1.29 is 32.9 Å². The van der Waals surface area contributed by atoms with Gasteiger partial charge in [-0.1, -0.05) is 12.1 Å². The summed E-state index contributed by atoms with van der Waals surface area (Å²) in [6.07, 6.45) is 5.64. The van der Waals surface area contributed by atoms with Gasteiger partial charge >= 0.3 is 12.0 Å². The van der Waals surface area contributed by atoms with Crippen LogP contribution in [0, 0.1) is 11.6 Å². The summed E-state index contributed by atoms with van der Waals surface area (Å²) in [6, 6.07) is 15.5. The van der Waals surface area contributed by atoms with E-state index in [9.17, 15) is 14.7 Å². The van der Waals surface area contributed by atoms with E-state index in [1.54, 1.807) is 37.7 Å². The first-order valence-electron chi connectivity index (χ1n) is 14.2. The number of nitrogens with zero attached hydrogens (tertiary/aromatic N) is 4. The highest BCUT2D eigenvalue weighted by Crippen LogP contribution is 2.33. The monoisotopic (exact) mass is 614 g/mol. The standard InChI is InChI=1S/C33H28F2N4O6/c1-43-22-7-5-20(6-8-22)18-44-23-9-10-28(26(34)14-23)39-17-25(32(41)42)31(40)24-15-27(35)30(16-29(24)39)38-13-2-4-21(38)19-45-33-36-11-3-12-37-33/h3,5-12,14-17,21H,2,4,13,18-19H2,1H3,(H,41,42)/t21-/m1/s1. The van der Waals surface area contributed by atoms with E-state index in [4.69, 9.17) is 14.2 Å². The normalized spacial score (nSPS) is 14.5. The number of methoxy groups -OCH3 is 1. The number of ether oxygens (including phenoxy) is 3. The second kappa shape index (κ2) is 12.6. The fraction of sp³-hybridized carbons (Fsp3) is 0.212. The minimum absolute atomic E-state index is 0.0422. The van der Waals surface area contributed by atoms with Crippen molar-refractivity contribution in [2.75, 3.05) is 25.2 Å². The molecule has 0 radical (unpaired) electrons. The van der Waals surface area contributed by atoms with E-state index in [1.807, 2.05) is 17.0 Å². The Morgan fingerprint density at radius 1 is 0.978 bits per heavy atom. The van der Waals surface area contributed by atoms with E-state index in [1.165, 1.54) is 28.8 Å². The fourth-order valence-corrected chi connectivity index (χ4v) is 5.42. The number of fused-ring (bicyclic) bond motifs is 1. The lowest BCUT2D eigenvalue weighted by Crippen LogP contribution is -2.35. The number of carbonyl (C=O) groups is 1. The van der Waals surface area contributed by atoms with E-state index in [0.29, 0.717) is 18.7 Å². The van der Waals surface area contributed by atoms with Gasteiger partial charge in [-0.2, -0.15) is 0 Å². The fourth-order valence-electron chi connectivity index (χ4n) is 5.42. The predicted molar refractivity (Wildman–Crippen MR) is 162 cm³/mol. The minimum Gasteiger partial charge on any atom is -0.497 e. The number of halogens is 2. The Morgan fingerprint density at radius 2 is 1.71 bits per heavy atom. The first-order valence-corrected chi connectivity index (χ1v) is 14.2. The van der Waals surface area contributed by atoms with Crippen LogP contribution in [0.3, 0.4) is 0 Å². The van der Waals surface area contributed by atoms with Crippen LogP contribution in [-0.4, -0.2) is 51.9 Å². The van der Waals surface area contributed by atoms with Crippen LogP contribution in [0.15, 0.2) is 84.0 Å². The van der Waals surface area contributed by atoms with Gasteiger partial charge in [0.2, 0.25) is 5.43 Å². The average molecular weight is 615 g/mol. The van der Waals surface area contributed by atoms with Gasteiger partial charge in [-0.3, -0.25) is 4.79 Å². The van der Waals surface area contributed by atoms with Gasteiger partial charge in [0, 0.05) is 36.6 Å². The summed E-state index contributed by atoms with van der Waals surface area (Å²) in [6.45, 7) is 0.879. The molecule has 1 aliphatic heterocycles. The Labute approximate surface area is 256 Å². The molecule has 5 aromatic rings. The van der Waals surface area contributed by atoms with Crippen LogP contribution in [0.2, 0.25) is 0 Å². The maximum atomic E-state index is 15.7. The number of anilines is 1. The van der Waals surface area contributed by atoms with Crippen LogP contribution in [0.25, 0.3) is 16.6 Å². The van der Waals surface area contributed by atoms with E-state index in [-0.39, 0.29) is 53.3 Å². The molecule has 6 rings (SSSR count). The highest BCUT2D eigenvalue weighted by Gasteiger charge is 2.29. The van der Waals surface area contributed by atoms with Crippen LogP contribution in [-0.2, 0) is 6.61 Å². The Hall–Kier alpha value is -5.52. The molecule has 12 heteroatoms. The maximum Gasteiger partial charge on any atom is 0.341 e. The number of pyridine rings is 1. The van der Waals surface area contributed by atoms with Gasteiger partial charge in [0.1, 0.15) is 36.1 Å². The number of rotatable bonds is 10. The lowest BCUT2D eigenvalue weighted by atomic mass is 10.1. The van der Waals surface area contributed by atoms with E-state index < -0.39 is 28.6 Å². The van der Waals surface area contributed by atoms with Crippen LogP contribution < -0.4 is 24.5 Å². The molecule has 3 aromatic carbocycles. The summed E-state index contributed by atoms with van der Waals surface area (Å²) >= 11 is 0. The predicted octanol–water partition coefficient (Wildman–Crippen LogP) is 5.39. The zero-order chi connectivity index (χ0) is 31.5. The molecule has 0 aliphatic carbocycles. The largest absolute Gasteiger partial charge is 0.497 e. The summed E-state index contributed by atoms with van der Waals surface area (Å²) in [7, 11) is 1.57. The van der Waals surface area contributed by atoms with Gasteiger partial charge in [-0.15, -0.1) is 0 Å². The molecule has 0 unspecified atom stereocenters. The number of carboxylic acid groups (broad SMARTS) is 1. The molecule has 1 fully saturated rings. The van der Waals surface area contributed by atoms with Crippen molar-refractivity contribution in [2.45, 2.75) is 25.5 Å². The second-order valence-corrected chi connectivity index (χ2v) is 10.4. The van der Waals surface area contributed by atoms with Crippen LogP contribution >= 0.6 is 0 Å². The molecule has 0 amide bonds. The molecule has 1 N–H and O–H groups in total. The molecule has 2 aromatic heterocycles. The summed E-state index contributed by atoms with van der Waals surface area (Å²) < 4.78 is 49.2. The molecule has 45 heavy (non-hydrogen) atoms. The summed E-state index contributed by atoms with van der Waals surface area (Å²) in [5, 5.41) is 9.55. The van der Waals surface area contributed by atoms with Crippen molar-refractivity contribution in [1.82, 2.24) is 14.5 Å². The maximum absolute atomic E-state index is 15.7. The van der Waals surface area contributed by atoms with Crippen LogP contribution in [0.5, 0.6) is 17.5 Å². The number of carboxylic acids is 1. The number of benzene rings is 3. The third-order valence-corrected chi connectivity index (χ3v) is 7.68. The summed E-state index contributed by atoms with van der Waals surface area (Å²) in [5.41, 5.74) is -0.372. The van der Waals surface area contributed by atoms with E-state index in [0.717, 1.165) is 24.2 Å². The van der Waals surface area contributed by atoms with Crippen molar-refractivity contribution in [3.63, 3.8) is 0 Å². The zero-order valence-electron chi connectivity index (χ0n) is 24.2. The Balaban J connectivity index is 1.35. The number of hydrogen-bond donors (Lipinski definition) is 1. The molecule has 1 saturated heterocycles. The van der Waals surface area contributed by atoms with Gasteiger partial charge < -0.3 is 28.8 Å². The first-order chi connectivity index (χ1) is 21.8. The lowest BCUT2D eigenvalue weighted by Gasteiger charge is -2.27. The molecule has 3 heterocycles. The molecule has 1 aliphatic rings. The van der Waals surface area contributed by atoms with Crippen molar-refractivity contribution >= 4 is 22.6 Å². The van der Waals surface area contributed by atoms with Crippen molar-refractivity contribution in [3.05, 3.63) is 112 Å². The smallest absolute Gasteiger partial charge is 0.341 e. The van der Waals surface area contributed by atoms with Crippen molar-refractivity contribution in [1.29, 1.82) is 0 Å². The Morgan fingerprint density at radius 3 is 2.42 bits per heavy atom. The topological polar surface area (TPSA) is 116 Å². The van der Waals surface area contributed by atoms with Crippen molar-refractivity contribution in [3.8, 4) is 23.2 Å². The molecule has 10 nitrogen and oxygen atoms in total. The Bertz CT molecular complexity index is 1920. The molecule has 230 valence electrons. The molecule has 0 spiro atoms. The minimum atomic E-state index is -1.51. The van der Waals surface area contributed by atoms with Gasteiger partial charge in [0.15, 0.2) is 5.82 Å². The third-order valence-electron chi connectivity index (χ3n) is 7.68. The number of aromatic carboxylic acids is 1. The van der Waals surface area contributed by atoms with E-state index >= 15 is 8.78 Å². The molecular formula is C33H28F2N4O6. The quantitative estimate of drug-likeness (QED) is 0.221. The highest BCUT2D eigenvalue weighted by atomic mass is 19.1. The molecule has 1 atom stereocenters. The third kappa shape index (κ3) is 6.12. The lowest BCUT2D eigenvalue weighted by molar-refractivity contribution is 0.0695. The first kappa shape index (κ1) is 29.5. The van der Waals surface area contributed by atoms with Gasteiger partial charge in [0.25, 0.3) is 0 Å². The SMILES string of the molecule is COc1ccc(COc2ccc(-n3cc(C(=O)O)c(=O)c4cc(F)c(N5CCC[C@@H]5COc5ncccn5)cc43)c(F)c2)cc1. The van der Waals surface area contributed by atoms with E-state index in [2.05, 4.69) is 9.97 Å². The Kier molecular flexibility index (Phi) is 8.28. The van der Waals surface area contributed by atoms with Crippen molar-refractivity contribution in [2.24, 2.45) is 0 Å². The van der Waals surface area contributed by atoms with Gasteiger partial charge in [-0.25, -0.2) is 23.5 Å². The molecule has 0 bridgehead atoms. The second-order valence-electron chi connectivity index (χ2n) is 10.4. The zero-order valence-corrected chi connectivity index (χ0v) is 24.2. The van der Waals surface area contributed by atoms with Crippen LogP contribution in [0.1, 0.15) is 28.8 Å². The summed E-state index contributed by atoms with van der Waals surface area (Å²) in [5.74, 6) is -2.02. The van der Waals surface area contributed by atoms with Crippen LogP contribution in [0.4, 0.5) is 14.5 Å². The molecule has 0 saturated carbocycles. The van der Waals surface area contributed by atoms with Gasteiger partial charge in [0.05, 0.1) is 30.0 Å². The average Bonchev–Trinajstić information content (AvgIpc) is 3.52. The van der Waals surface area contributed by atoms with Gasteiger partial charge in [-0.05, 0) is 60.9 Å².